The molecule has 0 radical (unpaired) electrons. The smallest absolute Gasteiger partial charge is 0.376 e. The van der Waals surface area contributed by atoms with Crippen LogP contribution in [0.4, 0.5) is 61.5 Å². The summed E-state index contributed by atoms with van der Waals surface area (Å²) in [5.74, 6) is -9.02. The molecule has 1 aliphatic carbocycles. The van der Waals surface area contributed by atoms with Gasteiger partial charge in [0, 0.05) is 20.0 Å². The van der Waals surface area contributed by atoms with Crippen molar-refractivity contribution in [3.8, 4) is 0 Å². The maximum absolute atomic E-state index is 13.8. The molecule has 0 heterocycles. The first-order chi connectivity index (χ1) is 16.4. The van der Waals surface area contributed by atoms with Gasteiger partial charge in [-0.15, -0.1) is 8.78 Å². The molecular weight excluding hydrogens is 566 g/mol. The van der Waals surface area contributed by atoms with Crippen molar-refractivity contribution in [1.82, 2.24) is 0 Å². The molecule has 1 rings (SSSR count). The van der Waals surface area contributed by atoms with Gasteiger partial charge in [-0.3, -0.25) is 0 Å². The molecule has 222 valence electrons. The zero-order valence-corrected chi connectivity index (χ0v) is 18.6. The molecule has 0 amide bonds. The fourth-order valence-corrected chi connectivity index (χ4v) is 2.67. The van der Waals surface area contributed by atoms with Crippen LogP contribution in [0, 0.1) is 0 Å². The first kappa shape index (κ1) is 33.8. The van der Waals surface area contributed by atoms with Crippen LogP contribution in [0.15, 0.2) is 0 Å². The maximum atomic E-state index is 13.8. The molecule has 0 aromatic rings. The number of halogens is 14. The molecule has 0 saturated heterocycles. The molecule has 2 unspecified atom stereocenters. The zero-order valence-electron chi connectivity index (χ0n) is 18.6. The van der Waals surface area contributed by atoms with Gasteiger partial charge in [-0.25, -0.2) is 27.0 Å². The Morgan fingerprint density at radius 2 is 1.22 bits per heavy atom. The van der Waals surface area contributed by atoms with E-state index in [0.717, 1.165) is 6.92 Å². The van der Waals surface area contributed by atoms with Crippen LogP contribution < -0.4 is 0 Å². The van der Waals surface area contributed by atoms with Gasteiger partial charge >= 0.3 is 30.7 Å². The Balaban J connectivity index is 2.67. The van der Waals surface area contributed by atoms with E-state index in [9.17, 15) is 61.5 Å². The van der Waals surface area contributed by atoms with Crippen LogP contribution in [-0.2, 0) is 28.4 Å². The van der Waals surface area contributed by atoms with Crippen molar-refractivity contribution in [2.24, 2.45) is 0 Å². The molecule has 0 aromatic heterocycles. The SMILES string of the molecule is CCC(F)(F)OC1CC(F)(F)C1OC(F)(F)CC(F)(F)COCC(F)(F)OC(F)(F)OC(F)(F)COC. The van der Waals surface area contributed by atoms with E-state index >= 15 is 0 Å². The van der Waals surface area contributed by atoms with Crippen molar-refractivity contribution in [3.05, 3.63) is 0 Å². The molecule has 0 aliphatic heterocycles. The Morgan fingerprint density at radius 1 is 0.703 bits per heavy atom. The van der Waals surface area contributed by atoms with Gasteiger partial charge in [-0.05, 0) is 0 Å². The van der Waals surface area contributed by atoms with Gasteiger partial charge in [0.2, 0.25) is 0 Å². The highest BCUT2D eigenvalue weighted by Crippen LogP contribution is 2.47. The van der Waals surface area contributed by atoms with Crippen molar-refractivity contribution in [3.63, 3.8) is 0 Å². The minimum absolute atomic E-state index is 0.613. The largest absolute Gasteiger partial charge is 0.495 e. The zero-order chi connectivity index (χ0) is 29.1. The van der Waals surface area contributed by atoms with Gasteiger partial charge in [-0.2, -0.15) is 35.1 Å². The van der Waals surface area contributed by atoms with Crippen LogP contribution >= 0.6 is 0 Å². The molecular formula is C17H20F14O6. The summed E-state index contributed by atoms with van der Waals surface area (Å²) in [5.41, 5.74) is 0. The quantitative estimate of drug-likeness (QED) is 0.158. The molecule has 0 N–H and O–H groups in total. The lowest BCUT2D eigenvalue weighted by Gasteiger charge is -2.45. The summed E-state index contributed by atoms with van der Waals surface area (Å²) in [5, 5.41) is 0. The standard InChI is InChI=1S/C17H20F14O6/c1-3-13(22,23)34-9-4-12(20,21)10(9)35-14(24,25)5-11(18,19)6-33-8-16(28,29)37-17(30,31)36-15(26,27)7-32-2/h9-10H,3-8H2,1-2H3. The highest BCUT2D eigenvalue weighted by molar-refractivity contribution is 5.00. The summed E-state index contributed by atoms with van der Waals surface area (Å²) in [4.78, 5) is 0. The fourth-order valence-electron chi connectivity index (χ4n) is 2.67. The van der Waals surface area contributed by atoms with E-state index in [0.29, 0.717) is 7.11 Å². The fraction of sp³-hybridized carbons (Fsp3) is 1.00. The number of methoxy groups -OCH3 is 1. The van der Waals surface area contributed by atoms with E-state index in [-0.39, 0.29) is 0 Å². The van der Waals surface area contributed by atoms with Gasteiger partial charge in [-0.1, -0.05) is 6.92 Å². The Hall–Kier alpha value is -1.22. The monoisotopic (exact) mass is 586 g/mol. The van der Waals surface area contributed by atoms with Crippen LogP contribution in [0.1, 0.15) is 26.2 Å². The summed E-state index contributed by atoms with van der Waals surface area (Å²) < 4.78 is 207. The lowest BCUT2D eigenvalue weighted by Crippen LogP contribution is -2.62. The van der Waals surface area contributed by atoms with Crippen molar-refractivity contribution in [2.45, 2.75) is 81.0 Å². The van der Waals surface area contributed by atoms with Crippen LogP contribution in [-0.4, -0.2) is 81.7 Å². The summed E-state index contributed by atoms with van der Waals surface area (Å²) in [6, 6.07) is 0. The van der Waals surface area contributed by atoms with E-state index in [1.807, 2.05) is 0 Å². The van der Waals surface area contributed by atoms with Gasteiger partial charge < -0.3 is 18.9 Å². The number of rotatable bonds is 17. The van der Waals surface area contributed by atoms with E-state index in [1.165, 1.54) is 0 Å². The van der Waals surface area contributed by atoms with E-state index in [4.69, 9.17) is 0 Å². The summed E-state index contributed by atoms with van der Waals surface area (Å²) in [6.07, 6.45) is -35.8. The first-order valence-corrected chi connectivity index (χ1v) is 9.83. The Morgan fingerprint density at radius 3 is 1.68 bits per heavy atom. The summed E-state index contributed by atoms with van der Waals surface area (Å²) in [7, 11) is 0.613. The average molecular weight is 586 g/mol. The summed E-state index contributed by atoms with van der Waals surface area (Å²) in [6.45, 7) is -5.86. The Kier molecular flexibility index (Phi) is 10.5. The first-order valence-electron chi connectivity index (χ1n) is 9.83. The molecule has 1 saturated carbocycles. The summed E-state index contributed by atoms with van der Waals surface area (Å²) >= 11 is 0. The van der Waals surface area contributed by atoms with Crippen molar-refractivity contribution in [2.75, 3.05) is 26.9 Å². The molecule has 0 bridgehead atoms. The minimum Gasteiger partial charge on any atom is -0.376 e. The Bertz CT molecular complexity index is 735. The second-order valence-corrected chi connectivity index (χ2v) is 7.69. The third-order valence-electron chi connectivity index (χ3n) is 4.16. The molecule has 37 heavy (non-hydrogen) atoms. The molecule has 0 aromatic carbocycles. The van der Waals surface area contributed by atoms with Crippen molar-refractivity contribution in [1.29, 1.82) is 0 Å². The molecule has 20 heteroatoms. The number of alkyl halides is 14. The van der Waals surface area contributed by atoms with Gasteiger partial charge in [0.05, 0.1) is 0 Å². The second kappa shape index (κ2) is 11.5. The predicted octanol–water partition coefficient (Wildman–Crippen LogP) is 5.85. The van der Waals surface area contributed by atoms with Crippen LogP contribution in [0.25, 0.3) is 0 Å². The molecule has 6 nitrogen and oxygen atoms in total. The lowest BCUT2D eigenvalue weighted by molar-refractivity contribution is -0.518. The molecule has 1 aliphatic rings. The average Bonchev–Trinajstić information content (AvgIpc) is 2.62. The van der Waals surface area contributed by atoms with Crippen LogP contribution in [0.5, 0.6) is 0 Å². The highest BCUT2D eigenvalue weighted by atomic mass is 19.3. The van der Waals surface area contributed by atoms with Crippen LogP contribution in [0.3, 0.4) is 0 Å². The number of ether oxygens (including phenoxy) is 6. The van der Waals surface area contributed by atoms with Crippen molar-refractivity contribution >= 4 is 0 Å². The Labute approximate surface area is 199 Å². The van der Waals surface area contributed by atoms with E-state index in [2.05, 4.69) is 28.4 Å². The third-order valence-corrected chi connectivity index (χ3v) is 4.16. The topological polar surface area (TPSA) is 55.4 Å². The highest BCUT2D eigenvalue weighted by Gasteiger charge is 2.64. The van der Waals surface area contributed by atoms with Gasteiger partial charge in [0.15, 0.2) is 6.10 Å². The van der Waals surface area contributed by atoms with E-state index < -0.39 is 93.9 Å². The van der Waals surface area contributed by atoms with Gasteiger partial charge in [0.1, 0.15) is 32.3 Å². The molecule has 1 fully saturated rings. The minimum atomic E-state index is -5.71. The lowest BCUT2D eigenvalue weighted by atomic mass is 9.86. The molecule has 2 atom stereocenters. The number of hydrogen-bond acceptors (Lipinski definition) is 6. The second-order valence-electron chi connectivity index (χ2n) is 7.69. The predicted molar refractivity (Wildman–Crippen MR) is 88.8 cm³/mol. The normalized spacial score (nSPS) is 21.7. The van der Waals surface area contributed by atoms with Crippen LogP contribution in [0.2, 0.25) is 0 Å². The van der Waals surface area contributed by atoms with Gasteiger partial charge in [0.25, 0.3) is 11.8 Å². The maximum Gasteiger partial charge on any atom is 0.495 e. The number of hydrogen-bond donors (Lipinski definition) is 0. The van der Waals surface area contributed by atoms with E-state index in [1.54, 1.807) is 0 Å². The molecule has 0 spiro atoms. The third kappa shape index (κ3) is 11.6. The van der Waals surface area contributed by atoms with Crippen molar-refractivity contribution < 1.29 is 89.9 Å².